The van der Waals surface area contributed by atoms with Gasteiger partial charge in [0.1, 0.15) is 17.3 Å². The van der Waals surface area contributed by atoms with Crippen molar-refractivity contribution >= 4 is 44.1 Å². The van der Waals surface area contributed by atoms with Gasteiger partial charge in [0.15, 0.2) is 21.3 Å². The Labute approximate surface area is 363 Å². The number of aryl methyl sites for hydroxylation is 2. The molecule has 2 N–H and O–H groups in total. The zero-order chi connectivity index (χ0) is 43.5. The monoisotopic (exact) mass is 875 g/mol. The summed E-state index contributed by atoms with van der Waals surface area (Å²) in [6, 6.07) is 17.2. The van der Waals surface area contributed by atoms with Crippen molar-refractivity contribution in [1.82, 2.24) is 34.6 Å². The van der Waals surface area contributed by atoms with Gasteiger partial charge < -0.3 is 24.5 Å². The average Bonchev–Trinajstić information content (AvgIpc) is 3.79. The SMILES string of the molecule is CCS(=O)(=O)c1ccc(-c2cn(C)c(=O)c3[nH]ccc23)c(-n2cc(CCC3CCN(c4ccc(C(=O)NC5CCC(Oc6ccc(C#N)c(Cl)c6)CC5)nn4)CC3)ncc2=O)c1. The number of benzene rings is 2. The third-order valence-electron chi connectivity index (χ3n) is 12.0. The van der Waals surface area contributed by atoms with E-state index < -0.39 is 15.4 Å². The molecular formula is C45H46ClN9O6S. The lowest BCUT2D eigenvalue weighted by molar-refractivity contribution is 0.0888. The van der Waals surface area contributed by atoms with Crippen molar-refractivity contribution in [2.75, 3.05) is 23.7 Å². The maximum absolute atomic E-state index is 13.5. The quantitative estimate of drug-likeness (QED) is 0.143. The van der Waals surface area contributed by atoms with Crippen LogP contribution in [0.2, 0.25) is 5.02 Å². The van der Waals surface area contributed by atoms with Crippen LogP contribution in [0.4, 0.5) is 5.82 Å². The first-order chi connectivity index (χ1) is 29.9. The van der Waals surface area contributed by atoms with Crippen LogP contribution in [0.5, 0.6) is 5.75 Å². The lowest BCUT2D eigenvalue weighted by Crippen LogP contribution is -2.40. The number of pyridine rings is 1. The number of nitrogens with zero attached hydrogens (tertiary/aromatic N) is 7. The first kappa shape index (κ1) is 42.4. The molecule has 5 heterocycles. The van der Waals surface area contributed by atoms with E-state index in [1.165, 1.54) is 21.4 Å². The number of rotatable bonds is 12. The van der Waals surface area contributed by atoms with Gasteiger partial charge in [-0.05, 0) is 99.7 Å². The fourth-order valence-electron chi connectivity index (χ4n) is 8.40. The molecule has 1 aliphatic carbocycles. The molecule has 0 atom stereocenters. The van der Waals surface area contributed by atoms with Gasteiger partial charge in [0, 0.05) is 67.3 Å². The highest BCUT2D eigenvalue weighted by Crippen LogP contribution is 2.34. The number of nitrogens with one attached hydrogen (secondary N) is 2. The van der Waals surface area contributed by atoms with Crippen LogP contribution >= 0.6 is 11.6 Å². The van der Waals surface area contributed by atoms with E-state index in [0.29, 0.717) is 67.9 Å². The molecule has 0 spiro atoms. The van der Waals surface area contributed by atoms with Gasteiger partial charge in [0.05, 0.1) is 44.9 Å². The Kier molecular flexibility index (Phi) is 12.3. The number of hydrogen-bond acceptors (Lipinski definition) is 11. The molecule has 0 unspecified atom stereocenters. The molecule has 0 radical (unpaired) electrons. The summed E-state index contributed by atoms with van der Waals surface area (Å²) in [6.07, 6.45) is 12.7. The number of hydrogen-bond donors (Lipinski definition) is 2. The number of carbonyl (C=O) groups is 1. The number of ether oxygens (including phenoxy) is 1. The molecule has 6 aromatic rings. The summed E-state index contributed by atoms with van der Waals surface area (Å²) < 4.78 is 35.1. The van der Waals surface area contributed by atoms with Gasteiger partial charge in [-0.1, -0.05) is 24.6 Å². The van der Waals surface area contributed by atoms with Crippen LogP contribution in [0.15, 0.2) is 93.9 Å². The van der Waals surface area contributed by atoms with Gasteiger partial charge in [-0.25, -0.2) is 8.42 Å². The van der Waals surface area contributed by atoms with Crippen molar-refractivity contribution in [3.05, 3.63) is 122 Å². The molecule has 2 fully saturated rings. The van der Waals surface area contributed by atoms with Crippen LogP contribution in [-0.4, -0.2) is 74.6 Å². The Hall–Kier alpha value is -6.31. The molecule has 17 heteroatoms. The number of aromatic amines is 1. The van der Waals surface area contributed by atoms with E-state index in [2.05, 4.69) is 30.4 Å². The van der Waals surface area contributed by atoms with Gasteiger partial charge in [-0.15, -0.1) is 10.2 Å². The highest BCUT2D eigenvalue weighted by molar-refractivity contribution is 7.91. The molecule has 0 bridgehead atoms. The Bertz CT molecular complexity index is 2910. The van der Waals surface area contributed by atoms with E-state index >= 15 is 0 Å². The van der Waals surface area contributed by atoms with Crippen molar-refractivity contribution in [3.8, 4) is 28.6 Å². The third-order valence-corrected chi connectivity index (χ3v) is 14.1. The molecule has 1 amide bonds. The Morgan fingerprint density at radius 3 is 2.48 bits per heavy atom. The van der Waals surface area contributed by atoms with Gasteiger partial charge in [-0.3, -0.25) is 23.9 Å². The number of piperidine rings is 1. The summed E-state index contributed by atoms with van der Waals surface area (Å²) in [7, 11) is -1.95. The van der Waals surface area contributed by atoms with Crippen molar-refractivity contribution < 1.29 is 17.9 Å². The van der Waals surface area contributed by atoms with E-state index in [1.807, 2.05) is 12.1 Å². The lowest BCUT2D eigenvalue weighted by atomic mass is 9.91. The predicted molar refractivity (Wildman–Crippen MR) is 236 cm³/mol. The van der Waals surface area contributed by atoms with Crippen molar-refractivity contribution in [3.63, 3.8) is 0 Å². The summed E-state index contributed by atoms with van der Waals surface area (Å²) in [4.78, 5) is 49.1. The summed E-state index contributed by atoms with van der Waals surface area (Å²) >= 11 is 6.15. The van der Waals surface area contributed by atoms with E-state index in [1.54, 1.807) is 75.0 Å². The number of anilines is 1. The summed E-state index contributed by atoms with van der Waals surface area (Å²) in [5.41, 5.74) is 2.82. The number of carbonyl (C=O) groups excluding carboxylic acids is 1. The topological polar surface area (TPSA) is 198 Å². The fourth-order valence-corrected chi connectivity index (χ4v) is 9.51. The normalized spacial score (nSPS) is 17.2. The molecule has 4 aromatic heterocycles. The lowest BCUT2D eigenvalue weighted by Gasteiger charge is -2.32. The molecular weight excluding hydrogens is 830 g/mol. The third kappa shape index (κ3) is 9.00. The molecule has 8 rings (SSSR count). The number of aromatic nitrogens is 6. The van der Waals surface area contributed by atoms with Crippen LogP contribution in [-0.2, 0) is 23.3 Å². The van der Waals surface area contributed by atoms with Crippen molar-refractivity contribution in [1.29, 1.82) is 5.26 Å². The second-order valence-electron chi connectivity index (χ2n) is 16.0. The van der Waals surface area contributed by atoms with Crippen LogP contribution in [0.25, 0.3) is 27.7 Å². The van der Waals surface area contributed by atoms with E-state index in [4.69, 9.17) is 21.6 Å². The Morgan fingerprint density at radius 1 is 0.984 bits per heavy atom. The largest absolute Gasteiger partial charge is 0.490 e. The molecule has 2 aliphatic rings. The van der Waals surface area contributed by atoms with Gasteiger partial charge in [0.25, 0.3) is 17.0 Å². The second kappa shape index (κ2) is 18.0. The molecule has 1 saturated heterocycles. The zero-order valence-corrected chi connectivity index (χ0v) is 36.0. The van der Waals surface area contributed by atoms with E-state index in [-0.39, 0.29) is 40.0 Å². The molecule has 15 nitrogen and oxygen atoms in total. The minimum Gasteiger partial charge on any atom is -0.490 e. The Morgan fingerprint density at radius 2 is 1.77 bits per heavy atom. The van der Waals surface area contributed by atoms with Crippen LogP contribution in [0.3, 0.4) is 0 Å². The molecule has 62 heavy (non-hydrogen) atoms. The molecule has 2 aromatic carbocycles. The molecule has 320 valence electrons. The maximum atomic E-state index is 13.5. The van der Waals surface area contributed by atoms with E-state index in [9.17, 15) is 22.8 Å². The van der Waals surface area contributed by atoms with Crippen LogP contribution < -0.4 is 26.1 Å². The second-order valence-corrected chi connectivity index (χ2v) is 18.6. The first-order valence-electron chi connectivity index (χ1n) is 20.8. The predicted octanol–water partition coefficient (Wildman–Crippen LogP) is 6.16. The fraction of sp³-hybridized carbons (Fsp3) is 0.356. The highest BCUT2D eigenvalue weighted by Gasteiger charge is 2.26. The van der Waals surface area contributed by atoms with E-state index in [0.717, 1.165) is 58.0 Å². The zero-order valence-electron chi connectivity index (χ0n) is 34.4. The number of sulfone groups is 1. The van der Waals surface area contributed by atoms with Crippen molar-refractivity contribution in [2.24, 2.45) is 13.0 Å². The van der Waals surface area contributed by atoms with Crippen LogP contribution in [0.1, 0.15) is 73.6 Å². The minimum absolute atomic E-state index is 0.00117. The summed E-state index contributed by atoms with van der Waals surface area (Å²) in [5, 5.41) is 21.9. The number of fused-ring (bicyclic) bond motifs is 1. The minimum atomic E-state index is -3.60. The summed E-state index contributed by atoms with van der Waals surface area (Å²) in [6.45, 7) is 3.12. The maximum Gasteiger partial charge on any atom is 0.274 e. The average molecular weight is 876 g/mol. The van der Waals surface area contributed by atoms with Crippen LogP contribution in [0, 0.1) is 17.2 Å². The number of amides is 1. The van der Waals surface area contributed by atoms with Gasteiger partial charge >= 0.3 is 0 Å². The smallest absolute Gasteiger partial charge is 0.274 e. The first-order valence-corrected chi connectivity index (χ1v) is 22.8. The number of halogens is 1. The Balaban J connectivity index is 0.871. The highest BCUT2D eigenvalue weighted by atomic mass is 35.5. The molecule has 1 saturated carbocycles. The molecule has 1 aliphatic heterocycles. The van der Waals surface area contributed by atoms with Crippen molar-refractivity contribution in [2.45, 2.75) is 75.3 Å². The van der Waals surface area contributed by atoms with Gasteiger partial charge in [0.2, 0.25) is 0 Å². The standard InChI is InChI=1S/C45H46ClN9O6S/c1-3-62(59,60)34-12-13-35(37-27-53(2)45(58)43-36(37)16-19-48-43)40(23-34)55-26-31(49-25-42(55)56)6-4-28-17-20-54(21-18-28)41-15-14-39(51-52-41)44(57)50-30-7-10-32(11-8-30)61-33-9-5-29(24-47)38(46)22-33/h5,9,12-16,19,22-23,25-28,30,32,48H,3-4,6-8,10-11,17-18,20-21H2,1-2H3,(H,50,57). The number of H-pyrrole nitrogens is 1. The number of nitriles is 1. The van der Waals surface area contributed by atoms with Gasteiger partial charge in [-0.2, -0.15) is 5.26 Å². The summed E-state index contributed by atoms with van der Waals surface area (Å²) in [5.74, 6) is 1.38.